The van der Waals surface area contributed by atoms with Gasteiger partial charge in [-0.3, -0.25) is 14.4 Å². The molecule has 0 aliphatic heterocycles. The molecule has 0 aliphatic carbocycles. The van der Waals surface area contributed by atoms with Crippen LogP contribution in [0.15, 0.2) is 48.6 Å². The van der Waals surface area contributed by atoms with Gasteiger partial charge in [0, 0.05) is 19.3 Å². The largest absolute Gasteiger partial charge is 0.462 e. The molecule has 0 aliphatic rings. The van der Waals surface area contributed by atoms with Crippen molar-refractivity contribution in [1.29, 1.82) is 0 Å². The lowest BCUT2D eigenvalue weighted by Gasteiger charge is -2.18. The summed E-state index contributed by atoms with van der Waals surface area (Å²) < 4.78 is 16.9. The van der Waals surface area contributed by atoms with E-state index in [9.17, 15) is 14.4 Å². The molecule has 0 amide bonds. The minimum atomic E-state index is -0.792. The molecule has 1 unspecified atom stereocenters. The first kappa shape index (κ1) is 69.4. The predicted molar refractivity (Wildman–Crippen MR) is 312 cm³/mol. The van der Waals surface area contributed by atoms with E-state index in [0.29, 0.717) is 19.3 Å². The highest BCUT2D eigenvalue weighted by atomic mass is 16.6. The molecule has 0 radical (unpaired) electrons. The molecule has 0 fully saturated rings. The molecule has 0 saturated heterocycles. The maximum Gasteiger partial charge on any atom is 0.306 e. The predicted octanol–water partition coefficient (Wildman–Crippen LogP) is 21.4. The molecular weight excluding hydrogens is 889 g/mol. The second-order valence-electron chi connectivity index (χ2n) is 21.3. The zero-order chi connectivity index (χ0) is 52.2. The van der Waals surface area contributed by atoms with Crippen molar-refractivity contribution in [2.75, 3.05) is 13.2 Å². The van der Waals surface area contributed by atoms with Crippen LogP contribution >= 0.6 is 0 Å². The van der Waals surface area contributed by atoms with E-state index in [1.807, 2.05) is 0 Å². The van der Waals surface area contributed by atoms with E-state index in [1.54, 1.807) is 0 Å². The lowest BCUT2D eigenvalue weighted by Crippen LogP contribution is -2.30. The number of hydrogen-bond acceptors (Lipinski definition) is 6. The van der Waals surface area contributed by atoms with Crippen molar-refractivity contribution in [2.24, 2.45) is 0 Å². The maximum atomic E-state index is 12.9. The lowest BCUT2D eigenvalue weighted by molar-refractivity contribution is -0.167. The Morgan fingerprint density at radius 1 is 0.292 bits per heavy atom. The Bertz CT molecular complexity index is 1250. The Morgan fingerprint density at radius 3 is 0.847 bits per heavy atom. The molecule has 72 heavy (non-hydrogen) atoms. The average Bonchev–Trinajstić information content (AvgIpc) is 3.38. The summed E-state index contributed by atoms with van der Waals surface area (Å²) in [7, 11) is 0. The molecule has 6 nitrogen and oxygen atoms in total. The SMILES string of the molecule is CC/C=C\C/C=C\C/C=C\C/C=C\CCCCC(=O)OC(COC(=O)CCCCCCCCCCCCCCCC)COC(=O)CCCCCCCCCCCCCCCCCCCCCCCCCCC. The maximum absolute atomic E-state index is 12.9. The van der Waals surface area contributed by atoms with Crippen molar-refractivity contribution in [1.82, 2.24) is 0 Å². The summed E-state index contributed by atoms with van der Waals surface area (Å²) in [5.74, 6) is -0.907. The van der Waals surface area contributed by atoms with Crippen LogP contribution in [0.1, 0.15) is 335 Å². The Hall–Kier alpha value is -2.63. The van der Waals surface area contributed by atoms with Gasteiger partial charge in [-0.1, -0.05) is 307 Å². The summed E-state index contributed by atoms with van der Waals surface area (Å²) in [5.41, 5.74) is 0. The van der Waals surface area contributed by atoms with Crippen LogP contribution in [0, 0.1) is 0 Å². The molecule has 6 heteroatoms. The minimum absolute atomic E-state index is 0.0852. The number of rotatable bonds is 58. The summed E-state index contributed by atoms with van der Waals surface area (Å²) in [4.78, 5) is 38.2. The molecule has 0 rings (SSSR count). The molecule has 0 spiro atoms. The van der Waals surface area contributed by atoms with Crippen LogP contribution in [-0.4, -0.2) is 37.2 Å². The van der Waals surface area contributed by atoms with E-state index >= 15 is 0 Å². The Morgan fingerprint density at radius 2 is 0.542 bits per heavy atom. The Labute approximate surface area is 448 Å². The van der Waals surface area contributed by atoms with Crippen molar-refractivity contribution < 1.29 is 28.6 Å². The van der Waals surface area contributed by atoms with E-state index in [4.69, 9.17) is 14.2 Å². The van der Waals surface area contributed by atoms with Crippen LogP contribution < -0.4 is 0 Å². The highest BCUT2D eigenvalue weighted by Gasteiger charge is 2.19. The molecule has 0 aromatic rings. The number of hydrogen-bond donors (Lipinski definition) is 0. The fourth-order valence-corrected chi connectivity index (χ4v) is 9.38. The minimum Gasteiger partial charge on any atom is -0.462 e. The fraction of sp³-hybridized carbons (Fsp3) is 0.833. The summed E-state index contributed by atoms with van der Waals surface area (Å²) in [6, 6.07) is 0. The first-order chi connectivity index (χ1) is 35.5. The van der Waals surface area contributed by atoms with Crippen molar-refractivity contribution >= 4 is 17.9 Å². The van der Waals surface area contributed by atoms with Gasteiger partial charge in [-0.05, 0) is 57.8 Å². The number of allylic oxidation sites excluding steroid dienone is 8. The van der Waals surface area contributed by atoms with Gasteiger partial charge < -0.3 is 14.2 Å². The molecule has 0 saturated carbocycles. The van der Waals surface area contributed by atoms with Crippen molar-refractivity contribution in [2.45, 2.75) is 341 Å². The summed E-state index contributed by atoms with van der Waals surface area (Å²) in [6.45, 7) is 6.54. The van der Waals surface area contributed by atoms with E-state index < -0.39 is 6.10 Å². The normalized spacial score (nSPS) is 12.3. The Balaban J connectivity index is 4.26. The van der Waals surface area contributed by atoms with Crippen molar-refractivity contribution in [3.05, 3.63) is 48.6 Å². The van der Waals surface area contributed by atoms with E-state index in [-0.39, 0.29) is 37.5 Å². The third kappa shape index (κ3) is 58.3. The highest BCUT2D eigenvalue weighted by Crippen LogP contribution is 2.18. The van der Waals surface area contributed by atoms with Gasteiger partial charge in [0.15, 0.2) is 6.10 Å². The van der Waals surface area contributed by atoms with E-state index in [1.165, 1.54) is 212 Å². The second kappa shape index (κ2) is 60.9. The van der Waals surface area contributed by atoms with Gasteiger partial charge in [0.1, 0.15) is 13.2 Å². The molecule has 0 aromatic carbocycles. The van der Waals surface area contributed by atoms with Gasteiger partial charge in [0.2, 0.25) is 0 Å². The summed E-state index contributed by atoms with van der Waals surface area (Å²) >= 11 is 0. The average molecular weight is 1010 g/mol. The van der Waals surface area contributed by atoms with Crippen LogP contribution in [0.5, 0.6) is 0 Å². The second-order valence-corrected chi connectivity index (χ2v) is 21.3. The van der Waals surface area contributed by atoms with Gasteiger partial charge in [0.25, 0.3) is 0 Å². The monoisotopic (exact) mass is 1010 g/mol. The van der Waals surface area contributed by atoms with E-state index in [2.05, 4.69) is 69.4 Å². The first-order valence-electron chi connectivity index (χ1n) is 31.6. The quantitative estimate of drug-likeness (QED) is 0.0261. The number of carbonyl (C=O) groups excluding carboxylic acids is 3. The summed E-state index contributed by atoms with van der Waals surface area (Å²) in [6.07, 6.45) is 75.6. The van der Waals surface area contributed by atoms with Crippen molar-refractivity contribution in [3.8, 4) is 0 Å². The van der Waals surface area contributed by atoms with E-state index in [0.717, 1.165) is 77.0 Å². The third-order valence-electron chi connectivity index (χ3n) is 14.1. The molecule has 0 N–H and O–H groups in total. The van der Waals surface area contributed by atoms with Gasteiger partial charge in [0.05, 0.1) is 0 Å². The molecule has 420 valence electrons. The fourth-order valence-electron chi connectivity index (χ4n) is 9.38. The first-order valence-corrected chi connectivity index (χ1v) is 31.6. The molecule has 0 aromatic heterocycles. The topological polar surface area (TPSA) is 78.9 Å². The van der Waals surface area contributed by atoms with Gasteiger partial charge >= 0.3 is 17.9 Å². The standard InChI is InChI=1S/C66H120O6/c1-4-7-10-13-16-19-22-25-28-29-30-31-32-33-34-35-36-37-39-41-44-47-50-53-56-59-65(68)71-62-63(61-70-64(67)58-55-52-49-46-43-40-27-24-21-18-15-12-9-6-3)72-66(69)60-57-54-51-48-45-42-38-26-23-20-17-14-11-8-5-2/h8,11,17,20,26,38,45,48,63H,4-7,9-10,12-16,18-19,21-25,27-37,39-44,46-47,49-62H2,1-3H3/b11-8-,20-17-,38-26-,48-45-. The number of carbonyl (C=O) groups is 3. The van der Waals surface area contributed by atoms with Crippen molar-refractivity contribution in [3.63, 3.8) is 0 Å². The smallest absolute Gasteiger partial charge is 0.306 e. The van der Waals surface area contributed by atoms with Gasteiger partial charge in [-0.15, -0.1) is 0 Å². The Kier molecular flexibility index (Phi) is 58.7. The number of unbranched alkanes of at least 4 members (excludes halogenated alkanes) is 39. The highest BCUT2D eigenvalue weighted by molar-refractivity contribution is 5.71. The summed E-state index contributed by atoms with van der Waals surface area (Å²) in [5, 5.41) is 0. The van der Waals surface area contributed by atoms with Gasteiger partial charge in [-0.2, -0.15) is 0 Å². The zero-order valence-corrected chi connectivity index (χ0v) is 48.2. The zero-order valence-electron chi connectivity index (χ0n) is 48.2. The molecular formula is C66H120O6. The van der Waals surface area contributed by atoms with Crippen LogP contribution in [0.4, 0.5) is 0 Å². The van der Waals surface area contributed by atoms with Crippen LogP contribution in [0.2, 0.25) is 0 Å². The molecule has 0 bridgehead atoms. The molecule has 0 heterocycles. The van der Waals surface area contributed by atoms with Crippen LogP contribution in [0.3, 0.4) is 0 Å². The van der Waals surface area contributed by atoms with Crippen LogP contribution in [-0.2, 0) is 28.6 Å². The lowest BCUT2D eigenvalue weighted by atomic mass is 10.0. The molecule has 1 atom stereocenters. The third-order valence-corrected chi connectivity index (χ3v) is 14.1. The van der Waals surface area contributed by atoms with Crippen LogP contribution in [0.25, 0.3) is 0 Å². The van der Waals surface area contributed by atoms with Gasteiger partial charge in [-0.25, -0.2) is 0 Å². The number of ether oxygens (including phenoxy) is 3. The number of esters is 3.